The highest BCUT2D eigenvalue weighted by molar-refractivity contribution is 5.50. The number of hydrogen-bond acceptors (Lipinski definition) is 2. The van der Waals surface area contributed by atoms with Gasteiger partial charge in [-0.1, -0.05) is 62.4 Å². The summed E-state index contributed by atoms with van der Waals surface area (Å²) in [5.74, 6) is 0.516. The largest absolute Gasteiger partial charge is 0.373 e. The van der Waals surface area contributed by atoms with Crippen LogP contribution in [-0.2, 0) is 0 Å². The Morgan fingerprint density at radius 1 is 0.783 bits per heavy atom. The molecule has 0 aliphatic carbocycles. The Morgan fingerprint density at radius 3 is 2.22 bits per heavy atom. The molecule has 2 aromatic carbocycles. The second-order valence-electron chi connectivity index (χ2n) is 6.02. The van der Waals surface area contributed by atoms with E-state index in [4.69, 9.17) is 0 Å². The normalized spacial score (nSPS) is 12.1. The molecule has 0 fully saturated rings. The van der Waals surface area contributed by atoms with Gasteiger partial charge >= 0.3 is 0 Å². The summed E-state index contributed by atoms with van der Waals surface area (Å²) in [4.78, 5) is 4.55. The molecule has 116 valence electrons. The SMILES string of the molecule is CC(C)c1cccc(NC(c2ccccc2)c2ccccn2)c1. The van der Waals surface area contributed by atoms with E-state index >= 15 is 0 Å². The summed E-state index contributed by atoms with van der Waals surface area (Å²) in [6.45, 7) is 4.43. The Kier molecular flexibility index (Phi) is 4.72. The molecule has 3 rings (SSSR count). The summed E-state index contributed by atoms with van der Waals surface area (Å²) in [5.41, 5.74) is 4.69. The maximum absolute atomic E-state index is 4.55. The van der Waals surface area contributed by atoms with Gasteiger partial charge in [-0.15, -0.1) is 0 Å². The van der Waals surface area contributed by atoms with Crippen LogP contribution in [-0.4, -0.2) is 4.98 Å². The van der Waals surface area contributed by atoms with Crippen molar-refractivity contribution in [2.24, 2.45) is 0 Å². The highest BCUT2D eigenvalue weighted by atomic mass is 14.9. The van der Waals surface area contributed by atoms with Gasteiger partial charge < -0.3 is 5.32 Å². The summed E-state index contributed by atoms with van der Waals surface area (Å²) >= 11 is 0. The number of anilines is 1. The van der Waals surface area contributed by atoms with E-state index in [2.05, 4.69) is 78.7 Å². The lowest BCUT2D eigenvalue weighted by molar-refractivity contribution is 0.860. The molecule has 2 nitrogen and oxygen atoms in total. The van der Waals surface area contributed by atoms with Crippen molar-refractivity contribution >= 4 is 5.69 Å². The minimum Gasteiger partial charge on any atom is -0.373 e. The molecule has 0 spiro atoms. The van der Waals surface area contributed by atoms with E-state index in [1.54, 1.807) is 0 Å². The highest BCUT2D eigenvalue weighted by Crippen LogP contribution is 2.27. The van der Waals surface area contributed by atoms with Crippen molar-refractivity contribution in [2.45, 2.75) is 25.8 Å². The van der Waals surface area contributed by atoms with E-state index in [1.807, 2.05) is 24.4 Å². The number of aromatic nitrogens is 1. The van der Waals surface area contributed by atoms with Crippen LogP contribution in [0.15, 0.2) is 79.0 Å². The fourth-order valence-corrected chi connectivity index (χ4v) is 2.67. The van der Waals surface area contributed by atoms with Crippen molar-refractivity contribution in [1.82, 2.24) is 4.98 Å². The van der Waals surface area contributed by atoms with Gasteiger partial charge in [-0.05, 0) is 41.3 Å². The Morgan fingerprint density at radius 2 is 1.52 bits per heavy atom. The summed E-state index contributed by atoms with van der Waals surface area (Å²) in [6, 6.07) is 25.2. The molecule has 0 saturated heterocycles. The second-order valence-corrected chi connectivity index (χ2v) is 6.02. The number of nitrogens with one attached hydrogen (secondary N) is 1. The molecule has 0 aliphatic rings. The fourth-order valence-electron chi connectivity index (χ4n) is 2.67. The van der Waals surface area contributed by atoms with Gasteiger partial charge in [0.2, 0.25) is 0 Å². The van der Waals surface area contributed by atoms with Crippen LogP contribution in [0.5, 0.6) is 0 Å². The minimum atomic E-state index is 0.0415. The van der Waals surface area contributed by atoms with Crippen LogP contribution in [0.3, 0.4) is 0 Å². The van der Waals surface area contributed by atoms with Crippen molar-refractivity contribution in [3.63, 3.8) is 0 Å². The summed E-state index contributed by atoms with van der Waals surface area (Å²) in [5, 5.41) is 3.64. The molecule has 23 heavy (non-hydrogen) atoms. The van der Waals surface area contributed by atoms with Crippen LogP contribution in [0, 0.1) is 0 Å². The standard InChI is InChI=1S/C21H22N2/c1-16(2)18-11-8-12-19(15-18)23-21(17-9-4-3-5-10-17)20-13-6-7-14-22-20/h3-16,21,23H,1-2H3. The Hall–Kier alpha value is -2.61. The van der Waals surface area contributed by atoms with Gasteiger partial charge in [-0.2, -0.15) is 0 Å². The monoisotopic (exact) mass is 302 g/mol. The van der Waals surface area contributed by atoms with Crippen molar-refractivity contribution in [3.05, 3.63) is 95.8 Å². The molecular formula is C21H22N2. The lowest BCUT2D eigenvalue weighted by atomic mass is 10.0. The zero-order valence-corrected chi connectivity index (χ0v) is 13.6. The fraction of sp³-hybridized carbons (Fsp3) is 0.190. The lowest BCUT2D eigenvalue weighted by Crippen LogP contribution is -2.13. The third-order valence-electron chi connectivity index (χ3n) is 3.98. The molecule has 1 heterocycles. The second kappa shape index (κ2) is 7.10. The molecule has 0 aliphatic heterocycles. The van der Waals surface area contributed by atoms with Crippen LogP contribution in [0.25, 0.3) is 0 Å². The van der Waals surface area contributed by atoms with E-state index < -0.39 is 0 Å². The maximum Gasteiger partial charge on any atom is 0.0940 e. The first-order chi connectivity index (χ1) is 11.2. The summed E-state index contributed by atoms with van der Waals surface area (Å²) in [7, 11) is 0. The molecule has 0 amide bonds. The van der Waals surface area contributed by atoms with Crippen molar-refractivity contribution < 1.29 is 0 Å². The molecular weight excluding hydrogens is 280 g/mol. The number of pyridine rings is 1. The third-order valence-corrected chi connectivity index (χ3v) is 3.98. The number of hydrogen-bond donors (Lipinski definition) is 1. The van der Waals surface area contributed by atoms with Crippen LogP contribution >= 0.6 is 0 Å². The molecule has 1 unspecified atom stereocenters. The van der Waals surface area contributed by atoms with Gasteiger partial charge in [0.05, 0.1) is 11.7 Å². The van der Waals surface area contributed by atoms with Gasteiger partial charge in [-0.3, -0.25) is 4.98 Å². The van der Waals surface area contributed by atoms with E-state index in [0.29, 0.717) is 5.92 Å². The van der Waals surface area contributed by atoms with Gasteiger partial charge in [0.25, 0.3) is 0 Å². The van der Waals surface area contributed by atoms with Crippen LogP contribution in [0.1, 0.15) is 42.6 Å². The summed E-state index contributed by atoms with van der Waals surface area (Å²) in [6.07, 6.45) is 1.84. The molecule has 0 radical (unpaired) electrons. The van der Waals surface area contributed by atoms with Crippen molar-refractivity contribution in [1.29, 1.82) is 0 Å². The predicted octanol–water partition coefficient (Wildman–Crippen LogP) is 5.41. The van der Waals surface area contributed by atoms with E-state index in [9.17, 15) is 0 Å². The average molecular weight is 302 g/mol. The first-order valence-corrected chi connectivity index (χ1v) is 8.06. The van der Waals surface area contributed by atoms with E-state index in [0.717, 1.165) is 11.4 Å². The van der Waals surface area contributed by atoms with E-state index in [1.165, 1.54) is 11.1 Å². The van der Waals surface area contributed by atoms with E-state index in [-0.39, 0.29) is 6.04 Å². The molecule has 0 saturated carbocycles. The Labute approximate surface area is 138 Å². The smallest absolute Gasteiger partial charge is 0.0940 e. The average Bonchev–Trinajstić information content (AvgIpc) is 2.61. The van der Waals surface area contributed by atoms with Crippen LogP contribution < -0.4 is 5.32 Å². The number of rotatable bonds is 5. The quantitative estimate of drug-likeness (QED) is 0.682. The molecule has 1 atom stereocenters. The highest BCUT2D eigenvalue weighted by Gasteiger charge is 2.15. The van der Waals surface area contributed by atoms with Gasteiger partial charge in [0, 0.05) is 11.9 Å². The topological polar surface area (TPSA) is 24.9 Å². The first kappa shape index (κ1) is 15.3. The van der Waals surface area contributed by atoms with Gasteiger partial charge in [0.15, 0.2) is 0 Å². The zero-order chi connectivity index (χ0) is 16.1. The number of benzene rings is 2. The predicted molar refractivity (Wildman–Crippen MR) is 96.7 cm³/mol. The third kappa shape index (κ3) is 3.78. The van der Waals surface area contributed by atoms with Crippen LogP contribution in [0.2, 0.25) is 0 Å². The van der Waals surface area contributed by atoms with Gasteiger partial charge in [-0.25, -0.2) is 0 Å². The molecule has 0 bridgehead atoms. The molecule has 1 aromatic heterocycles. The van der Waals surface area contributed by atoms with Crippen molar-refractivity contribution in [3.8, 4) is 0 Å². The van der Waals surface area contributed by atoms with Gasteiger partial charge in [0.1, 0.15) is 0 Å². The molecule has 2 heteroatoms. The minimum absolute atomic E-state index is 0.0415. The lowest BCUT2D eigenvalue weighted by Gasteiger charge is -2.21. The first-order valence-electron chi connectivity index (χ1n) is 8.06. The zero-order valence-electron chi connectivity index (χ0n) is 13.6. The van der Waals surface area contributed by atoms with Crippen LogP contribution in [0.4, 0.5) is 5.69 Å². The number of nitrogens with zero attached hydrogens (tertiary/aromatic N) is 1. The molecule has 1 N–H and O–H groups in total. The Bertz CT molecular complexity index is 697. The molecule has 3 aromatic rings. The Balaban J connectivity index is 1.95. The maximum atomic E-state index is 4.55. The van der Waals surface area contributed by atoms with Crippen molar-refractivity contribution in [2.75, 3.05) is 5.32 Å². The summed E-state index contributed by atoms with van der Waals surface area (Å²) < 4.78 is 0.